The quantitative estimate of drug-likeness (QED) is 0.792. The molecule has 1 aliphatic carbocycles. The standard InChI is InChI=1S/C21H26N2O3S/c1-3-20(18-9-8-15-6-4-5-7-17(15)14-18)22-21(24)16-10-12-19(13-11-16)23-27(2,25)26/h8-14,20,23H,3-7H2,1-2H3,(H,22,24)/t20-/m1/s1. The molecule has 0 heterocycles. The van der Waals surface area contributed by atoms with Crippen molar-refractivity contribution in [3.05, 3.63) is 64.7 Å². The lowest BCUT2D eigenvalue weighted by Gasteiger charge is -2.22. The third-order valence-electron chi connectivity index (χ3n) is 4.94. The summed E-state index contributed by atoms with van der Waals surface area (Å²) >= 11 is 0. The van der Waals surface area contributed by atoms with E-state index in [1.807, 2.05) is 0 Å². The van der Waals surface area contributed by atoms with E-state index in [-0.39, 0.29) is 11.9 Å². The first-order chi connectivity index (χ1) is 12.9. The highest BCUT2D eigenvalue weighted by Gasteiger charge is 2.17. The smallest absolute Gasteiger partial charge is 0.251 e. The molecule has 0 aliphatic heterocycles. The molecule has 5 nitrogen and oxygen atoms in total. The van der Waals surface area contributed by atoms with E-state index < -0.39 is 10.0 Å². The van der Waals surface area contributed by atoms with E-state index in [1.165, 1.54) is 24.0 Å². The number of aryl methyl sites for hydroxylation is 2. The van der Waals surface area contributed by atoms with Crippen LogP contribution >= 0.6 is 0 Å². The number of nitrogens with one attached hydrogen (secondary N) is 2. The predicted molar refractivity (Wildman–Crippen MR) is 108 cm³/mol. The molecule has 1 amide bonds. The van der Waals surface area contributed by atoms with Crippen LogP contribution in [0.3, 0.4) is 0 Å². The van der Waals surface area contributed by atoms with Crippen LogP contribution in [0.5, 0.6) is 0 Å². The molecular formula is C21H26N2O3S. The molecule has 0 unspecified atom stereocenters. The van der Waals surface area contributed by atoms with Crippen LogP contribution in [-0.2, 0) is 22.9 Å². The Morgan fingerprint density at radius 1 is 1.04 bits per heavy atom. The van der Waals surface area contributed by atoms with Crippen molar-refractivity contribution in [2.24, 2.45) is 0 Å². The van der Waals surface area contributed by atoms with Crippen LogP contribution in [0.1, 0.15) is 59.3 Å². The molecule has 144 valence electrons. The molecule has 0 saturated carbocycles. The zero-order valence-corrected chi connectivity index (χ0v) is 16.6. The second kappa shape index (κ2) is 8.13. The minimum atomic E-state index is -3.33. The van der Waals surface area contributed by atoms with Crippen molar-refractivity contribution in [3.63, 3.8) is 0 Å². The summed E-state index contributed by atoms with van der Waals surface area (Å²) in [6, 6.07) is 13.0. The minimum absolute atomic E-state index is 0.0430. The van der Waals surface area contributed by atoms with E-state index in [1.54, 1.807) is 24.3 Å². The Labute approximate surface area is 161 Å². The monoisotopic (exact) mass is 386 g/mol. The van der Waals surface area contributed by atoms with Crippen molar-refractivity contribution in [1.29, 1.82) is 0 Å². The molecule has 0 aromatic heterocycles. The largest absolute Gasteiger partial charge is 0.345 e. The van der Waals surface area contributed by atoms with Crippen LogP contribution in [0, 0.1) is 0 Å². The highest BCUT2D eigenvalue weighted by atomic mass is 32.2. The van der Waals surface area contributed by atoms with Gasteiger partial charge in [-0.3, -0.25) is 9.52 Å². The van der Waals surface area contributed by atoms with Gasteiger partial charge in [-0.1, -0.05) is 25.1 Å². The van der Waals surface area contributed by atoms with Crippen molar-refractivity contribution in [2.75, 3.05) is 11.0 Å². The Morgan fingerprint density at radius 3 is 2.33 bits per heavy atom. The van der Waals surface area contributed by atoms with Gasteiger partial charge in [0.25, 0.3) is 5.91 Å². The van der Waals surface area contributed by atoms with Gasteiger partial charge in [0.15, 0.2) is 0 Å². The van der Waals surface area contributed by atoms with E-state index in [4.69, 9.17) is 0 Å². The molecule has 0 radical (unpaired) electrons. The second-order valence-electron chi connectivity index (χ2n) is 7.12. The SMILES string of the molecule is CC[C@@H](NC(=O)c1ccc(NS(C)(=O)=O)cc1)c1ccc2c(c1)CCCC2. The molecule has 0 fully saturated rings. The van der Waals surface area contributed by atoms with Gasteiger partial charge in [-0.05, 0) is 73.1 Å². The fourth-order valence-corrected chi connectivity index (χ4v) is 4.10. The highest BCUT2D eigenvalue weighted by molar-refractivity contribution is 7.92. The summed E-state index contributed by atoms with van der Waals surface area (Å²) in [5, 5.41) is 3.10. The molecule has 6 heteroatoms. The molecule has 2 N–H and O–H groups in total. The van der Waals surface area contributed by atoms with Gasteiger partial charge in [-0.25, -0.2) is 8.42 Å². The minimum Gasteiger partial charge on any atom is -0.345 e. The van der Waals surface area contributed by atoms with E-state index in [0.29, 0.717) is 11.3 Å². The van der Waals surface area contributed by atoms with Crippen molar-refractivity contribution >= 4 is 21.6 Å². The van der Waals surface area contributed by atoms with Crippen molar-refractivity contribution < 1.29 is 13.2 Å². The van der Waals surface area contributed by atoms with Gasteiger partial charge in [0, 0.05) is 11.3 Å². The average Bonchev–Trinajstić information content (AvgIpc) is 2.65. The van der Waals surface area contributed by atoms with E-state index in [2.05, 4.69) is 35.2 Å². The highest BCUT2D eigenvalue weighted by Crippen LogP contribution is 2.26. The Kier molecular flexibility index (Phi) is 5.85. The summed E-state index contributed by atoms with van der Waals surface area (Å²) in [5.74, 6) is -0.162. The van der Waals surface area contributed by atoms with Crippen molar-refractivity contribution in [2.45, 2.75) is 45.1 Å². The summed E-state index contributed by atoms with van der Waals surface area (Å²) in [6.07, 6.45) is 6.64. The summed E-state index contributed by atoms with van der Waals surface area (Å²) < 4.78 is 24.9. The Balaban J connectivity index is 1.71. The maximum absolute atomic E-state index is 12.6. The van der Waals surface area contributed by atoms with Gasteiger partial charge in [-0.15, -0.1) is 0 Å². The molecule has 1 atom stereocenters. The van der Waals surface area contributed by atoms with Gasteiger partial charge in [0.1, 0.15) is 0 Å². The fraction of sp³-hybridized carbons (Fsp3) is 0.381. The van der Waals surface area contributed by atoms with Crippen LogP contribution in [0.4, 0.5) is 5.69 Å². The summed E-state index contributed by atoms with van der Waals surface area (Å²) in [4.78, 5) is 12.6. The van der Waals surface area contributed by atoms with Gasteiger partial charge in [0.2, 0.25) is 10.0 Å². The molecule has 2 aromatic carbocycles. The molecule has 3 rings (SSSR count). The number of sulfonamides is 1. The number of fused-ring (bicyclic) bond motifs is 1. The first-order valence-electron chi connectivity index (χ1n) is 9.36. The number of hydrogen-bond acceptors (Lipinski definition) is 3. The normalized spacial score (nSPS) is 14.9. The predicted octanol–water partition coefficient (Wildman–Crippen LogP) is 3.82. The number of hydrogen-bond donors (Lipinski definition) is 2. The lowest BCUT2D eigenvalue weighted by Crippen LogP contribution is -2.28. The molecular weight excluding hydrogens is 360 g/mol. The van der Waals surface area contributed by atoms with Crippen molar-refractivity contribution in [1.82, 2.24) is 5.32 Å². The van der Waals surface area contributed by atoms with Crippen LogP contribution in [0.2, 0.25) is 0 Å². The van der Waals surface area contributed by atoms with E-state index in [9.17, 15) is 13.2 Å². The molecule has 2 aromatic rings. The van der Waals surface area contributed by atoms with E-state index >= 15 is 0 Å². The lowest BCUT2D eigenvalue weighted by molar-refractivity contribution is 0.0935. The number of amides is 1. The van der Waals surface area contributed by atoms with Crippen LogP contribution in [-0.4, -0.2) is 20.6 Å². The number of rotatable bonds is 6. The van der Waals surface area contributed by atoms with Crippen LogP contribution in [0.25, 0.3) is 0 Å². The zero-order valence-electron chi connectivity index (χ0n) is 15.8. The Bertz CT molecular complexity index is 921. The van der Waals surface area contributed by atoms with E-state index in [0.717, 1.165) is 31.1 Å². The van der Waals surface area contributed by atoms with Crippen molar-refractivity contribution in [3.8, 4) is 0 Å². The summed E-state index contributed by atoms with van der Waals surface area (Å²) in [6.45, 7) is 2.06. The number of carbonyl (C=O) groups excluding carboxylic acids is 1. The van der Waals surface area contributed by atoms with Crippen LogP contribution < -0.4 is 10.0 Å². The average molecular weight is 387 g/mol. The number of anilines is 1. The first kappa shape index (κ1) is 19.4. The zero-order chi connectivity index (χ0) is 19.4. The Hall–Kier alpha value is -2.34. The van der Waals surface area contributed by atoms with Gasteiger partial charge >= 0.3 is 0 Å². The maximum Gasteiger partial charge on any atom is 0.251 e. The lowest BCUT2D eigenvalue weighted by atomic mass is 9.88. The maximum atomic E-state index is 12.6. The fourth-order valence-electron chi connectivity index (χ4n) is 3.54. The summed E-state index contributed by atoms with van der Waals surface area (Å²) in [7, 11) is -3.33. The molecule has 0 bridgehead atoms. The van der Waals surface area contributed by atoms with Gasteiger partial charge in [0.05, 0.1) is 12.3 Å². The number of benzene rings is 2. The van der Waals surface area contributed by atoms with Gasteiger partial charge < -0.3 is 5.32 Å². The Morgan fingerprint density at radius 2 is 1.70 bits per heavy atom. The summed E-state index contributed by atoms with van der Waals surface area (Å²) in [5.41, 5.74) is 4.92. The second-order valence-corrected chi connectivity index (χ2v) is 8.87. The third-order valence-corrected chi connectivity index (χ3v) is 5.55. The topological polar surface area (TPSA) is 75.3 Å². The van der Waals surface area contributed by atoms with Crippen LogP contribution in [0.15, 0.2) is 42.5 Å². The molecule has 0 saturated heterocycles. The third kappa shape index (κ3) is 5.10. The molecule has 27 heavy (non-hydrogen) atoms. The molecule has 0 spiro atoms. The number of carbonyl (C=O) groups is 1. The first-order valence-corrected chi connectivity index (χ1v) is 11.3. The van der Waals surface area contributed by atoms with Gasteiger partial charge in [-0.2, -0.15) is 0 Å². The molecule has 1 aliphatic rings.